The molecule has 0 bridgehead atoms. The summed E-state index contributed by atoms with van der Waals surface area (Å²) in [5.41, 5.74) is 0.532. The number of phenols is 1. The van der Waals surface area contributed by atoms with E-state index in [-0.39, 0.29) is 18.3 Å². The molecule has 6 nitrogen and oxygen atoms in total. The third kappa shape index (κ3) is 4.95. The Morgan fingerprint density at radius 1 is 0.971 bits per heavy atom. The van der Waals surface area contributed by atoms with Gasteiger partial charge < -0.3 is 24.4 Å². The lowest BCUT2D eigenvalue weighted by Crippen LogP contribution is -2.36. The second kappa shape index (κ2) is 10.2. The summed E-state index contributed by atoms with van der Waals surface area (Å²) < 4.78 is 17.6. The van der Waals surface area contributed by atoms with Crippen LogP contribution in [0.5, 0.6) is 23.0 Å². The van der Waals surface area contributed by atoms with Crippen LogP contribution < -0.4 is 14.2 Å². The number of rotatable bonds is 7. The van der Waals surface area contributed by atoms with Gasteiger partial charge in [0.25, 0.3) is 0 Å². The van der Waals surface area contributed by atoms with Gasteiger partial charge in [0, 0.05) is 25.1 Å². The molecule has 2 aliphatic heterocycles. The predicted octanol–water partition coefficient (Wildman–Crippen LogP) is 5.03. The average Bonchev–Trinajstić information content (AvgIpc) is 2.89. The third-order valence-corrected chi connectivity index (χ3v) is 7.08. The van der Waals surface area contributed by atoms with Crippen LogP contribution in [0.2, 0.25) is 0 Å². The van der Waals surface area contributed by atoms with E-state index in [4.69, 9.17) is 14.2 Å². The summed E-state index contributed by atoms with van der Waals surface area (Å²) in [7, 11) is 1.54. The number of hydrogen-bond donors (Lipinski definition) is 2. The molecule has 0 radical (unpaired) electrons. The minimum atomic E-state index is -1.45. The van der Waals surface area contributed by atoms with Crippen molar-refractivity contribution in [1.82, 2.24) is 4.90 Å². The van der Waals surface area contributed by atoms with Gasteiger partial charge in [-0.15, -0.1) is 0 Å². The van der Waals surface area contributed by atoms with Crippen molar-refractivity contribution in [3.8, 4) is 23.0 Å². The molecule has 184 valence electrons. The van der Waals surface area contributed by atoms with E-state index < -0.39 is 5.60 Å². The number of methoxy groups -OCH3 is 1. The van der Waals surface area contributed by atoms with Gasteiger partial charge in [-0.3, -0.25) is 4.90 Å². The summed E-state index contributed by atoms with van der Waals surface area (Å²) >= 11 is 0. The number of phenolic OH excluding ortho intramolecular Hbond substituents is 1. The molecule has 0 aliphatic carbocycles. The smallest absolute Gasteiger partial charge is 0.134 e. The topological polar surface area (TPSA) is 71.4 Å². The van der Waals surface area contributed by atoms with Gasteiger partial charge in [-0.2, -0.15) is 0 Å². The van der Waals surface area contributed by atoms with Crippen molar-refractivity contribution in [2.45, 2.75) is 37.4 Å². The monoisotopic (exact) mass is 475 g/mol. The minimum Gasteiger partial charge on any atom is -0.507 e. The Kier molecular flexibility index (Phi) is 6.84. The van der Waals surface area contributed by atoms with Gasteiger partial charge in [0.15, 0.2) is 0 Å². The number of hydrogen-bond acceptors (Lipinski definition) is 6. The summed E-state index contributed by atoms with van der Waals surface area (Å²) in [5.74, 6) is 1.58. The SMILES string of the molecule is COc1cc(O)c2c(c1)OC(c1ccccc1)CC2(O)c1ccc(OCCN2CCCCC2)cc1. The molecule has 2 atom stereocenters. The van der Waals surface area contributed by atoms with Crippen LogP contribution in [0.1, 0.15) is 48.5 Å². The maximum absolute atomic E-state index is 12.1. The summed E-state index contributed by atoms with van der Waals surface area (Å²) in [5, 5.41) is 22.9. The van der Waals surface area contributed by atoms with Crippen LogP contribution in [-0.2, 0) is 5.60 Å². The number of aliphatic hydroxyl groups is 1. The van der Waals surface area contributed by atoms with Crippen molar-refractivity contribution in [3.63, 3.8) is 0 Å². The number of aromatic hydroxyl groups is 1. The molecular weight excluding hydrogens is 442 g/mol. The first-order valence-corrected chi connectivity index (χ1v) is 12.4. The largest absolute Gasteiger partial charge is 0.507 e. The molecular formula is C29H33NO5. The molecule has 3 aromatic rings. The Hall–Kier alpha value is -3.22. The quantitative estimate of drug-likeness (QED) is 0.500. The van der Waals surface area contributed by atoms with Crippen LogP contribution in [0.15, 0.2) is 66.7 Å². The van der Waals surface area contributed by atoms with E-state index in [2.05, 4.69) is 4.90 Å². The van der Waals surface area contributed by atoms with Crippen LogP contribution in [0.4, 0.5) is 0 Å². The molecule has 5 rings (SSSR count). The van der Waals surface area contributed by atoms with Crippen LogP contribution in [0.25, 0.3) is 0 Å². The zero-order chi connectivity index (χ0) is 24.3. The molecule has 6 heteroatoms. The van der Waals surface area contributed by atoms with Crippen molar-refractivity contribution >= 4 is 0 Å². The third-order valence-electron chi connectivity index (χ3n) is 7.08. The van der Waals surface area contributed by atoms with Gasteiger partial charge in [0.1, 0.15) is 41.3 Å². The zero-order valence-corrected chi connectivity index (χ0v) is 20.2. The van der Waals surface area contributed by atoms with E-state index in [1.165, 1.54) is 32.4 Å². The van der Waals surface area contributed by atoms with E-state index in [9.17, 15) is 10.2 Å². The Balaban J connectivity index is 1.41. The lowest BCUT2D eigenvalue weighted by molar-refractivity contribution is -0.00160. The Bertz CT molecular complexity index is 1130. The van der Waals surface area contributed by atoms with Crippen molar-refractivity contribution in [2.75, 3.05) is 33.4 Å². The normalized spacial score (nSPS) is 22.2. The van der Waals surface area contributed by atoms with Gasteiger partial charge in [-0.05, 0) is 49.2 Å². The number of ether oxygens (including phenoxy) is 3. The van der Waals surface area contributed by atoms with E-state index in [0.29, 0.717) is 29.2 Å². The van der Waals surface area contributed by atoms with E-state index in [1.54, 1.807) is 6.07 Å². The number of nitrogens with zero attached hydrogens (tertiary/aromatic N) is 1. The van der Waals surface area contributed by atoms with Crippen molar-refractivity contribution < 1.29 is 24.4 Å². The van der Waals surface area contributed by atoms with Gasteiger partial charge in [0.2, 0.25) is 0 Å². The van der Waals surface area contributed by atoms with Gasteiger partial charge in [-0.25, -0.2) is 0 Å². The lowest BCUT2D eigenvalue weighted by Gasteiger charge is -2.39. The molecule has 1 fully saturated rings. The van der Waals surface area contributed by atoms with Crippen LogP contribution in [-0.4, -0.2) is 48.5 Å². The average molecular weight is 476 g/mol. The predicted molar refractivity (Wildman–Crippen MR) is 134 cm³/mol. The molecule has 0 spiro atoms. The van der Waals surface area contributed by atoms with E-state index in [1.807, 2.05) is 54.6 Å². The van der Waals surface area contributed by atoms with Crippen molar-refractivity contribution in [2.24, 2.45) is 0 Å². The van der Waals surface area contributed by atoms with Gasteiger partial charge in [0.05, 0.1) is 12.7 Å². The summed E-state index contributed by atoms with van der Waals surface area (Å²) in [6.07, 6.45) is 3.73. The molecule has 2 unspecified atom stereocenters. The van der Waals surface area contributed by atoms with Crippen LogP contribution in [0, 0.1) is 0 Å². The number of fused-ring (bicyclic) bond motifs is 1. The number of piperidine rings is 1. The standard InChI is InChI=1S/C29H33NO5/c1-33-24-18-25(31)28-26(19-24)35-27(21-8-4-2-5-9-21)20-29(28,32)22-10-12-23(13-11-22)34-17-16-30-14-6-3-7-15-30/h2,4-5,8-13,18-19,27,31-32H,3,6-7,14-17,20H2,1H3. The Morgan fingerprint density at radius 3 is 2.43 bits per heavy atom. The first-order valence-electron chi connectivity index (χ1n) is 12.4. The maximum Gasteiger partial charge on any atom is 0.134 e. The van der Waals surface area contributed by atoms with Crippen LogP contribution in [0.3, 0.4) is 0 Å². The minimum absolute atomic E-state index is 0.0600. The summed E-state index contributed by atoms with van der Waals surface area (Å²) in [6.45, 7) is 3.85. The highest BCUT2D eigenvalue weighted by Gasteiger charge is 2.44. The summed E-state index contributed by atoms with van der Waals surface area (Å²) in [6, 6.07) is 20.6. The number of benzene rings is 3. The molecule has 0 saturated carbocycles. The molecule has 3 aromatic carbocycles. The zero-order valence-electron chi connectivity index (χ0n) is 20.2. The highest BCUT2D eigenvalue weighted by Crippen LogP contribution is 2.52. The Morgan fingerprint density at radius 2 is 1.71 bits per heavy atom. The van der Waals surface area contributed by atoms with Gasteiger partial charge in [-0.1, -0.05) is 48.9 Å². The van der Waals surface area contributed by atoms with Crippen molar-refractivity contribution in [3.05, 3.63) is 83.4 Å². The van der Waals surface area contributed by atoms with Gasteiger partial charge >= 0.3 is 0 Å². The fourth-order valence-corrected chi connectivity index (χ4v) is 5.19. The lowest BCUT2D eigenvalue weighted by atomic mass is 9.78. The molecule has 2 N–H and O–H groups in total. The molecule has 2 heterocycles. The van der Waals surface area contributed by atoms with E-state index in [0.717, 1.165) is 30.9 Å². The fourth-order valence-electron chi connectivity index (χ4n) is 5.19. The first-order chi connectivity index (χ1) is 17.1. The van der Waals surface area contributed by atoms with Crippen molar-refractivity contribution in [1.29, 1.82) is 0 Å². The highest BCUT2D eigenvalue weighted by molar-refractivity contribution is 5.58. The fraction of sp³-hybridized carbons (Fsp3) is 0.379. The highest BCUT2D eigenvalue weighted by atomic mass is 16.5. The summed E-state index contributed by atoms with van der Waals surface area (Å²) in [4.78, 5) is 2.44. The number of likely N-dealkylation sites (tertiary alicyclic amines) is 1. The second-order valence-electron chi connectivity index (χ2n) is 9.38. The molecule has 0 amide bonds. The molecule has 0 aromatic heterocycles. The molecule has 2 aliphatic rings. The maximum atomic E-state index is 12.1. The van der Waals surface area contributed by atoms with Crippen LogP contribution >= 0.6 is 0 Å². The Labute approximate surface area is 206 Å². The molecule has 35 heavy (non-hydrogen) atoms. The second-order valence-corrected chi connectivity index (χ2v) is 9.38. The first kappa shape index (κ1) is 23.5. The molecule has 1 saturated heterocycles. The van der Waals surface area contributed by atoms with E-state index >= 15 is 0 Å².